The number of benzene rings is 1. The number of nitrogens with zero attached hydrogens (tertiary/aromatic N) is 1. The van der Waals surface area contributed by atoms with Gasteiger partial charge in [0.15, 0.2) is 6.04 Å². The molecule has 1 aromatic carbocycles. The molecular formula is C13H12F3NO3. The number of carboxylic acids is 1. The Hall–Kier alpha value is -2.05. The van der Waals surface area contributed by atoms with Gasteiger partial charge >= 0.3 is 12.1 Å². The van der Waals surface area contributed by atoms with E-state index in [2.05, 4.69) is 0 Å². The first kappa shape index (κ1) is 14.4. The van der Waals surface area contributed by atoms with Crippen LogP contribution in [0.5, 0.6) is 0 Å². The number of amides is 1. The summed E-state index contributed by atoms with van der Waals surface area (Å²) in [6, 6.07) is 2.45. The molecule has 1 atom stereocenters. The third-order valence-corrected chi connectivity index (χ3v) is 3.18. The number of halogens is 3. The fourth-order valence-corrected chi connectivity index (χ4v) is 2.03. The second-order valence-electron chi connectivity index (χ2n) is 4.64. The van der Waals surface area contributed by atoms with Gasteiger partial charge in [-0.2, -0.15) is 13.2 Å². The molecule has 0 spiro atoms. The second-order valence-corrected chi connectivity index (χ2v) is 4.64. The van der Waals surface area contributed by atoms with E-state index in [1.807, 2.05) is 0 Å². The molecule has 2 rings (SSSR count). The molecule has 4 nitrogen and oxygen atoms in total. The Kier molecular flexibility index (Phi) is 3.69. The molecule has 1 aliphatic rings. The second kappa shape index (κ2) is 5.15. The van der Waals surface area contributed by atoms with Crippen LogP contribution in [0.15, 0.2) is 24.3 Å². The van der Waals surface area contributed by atoms with Gasteiger partial charge in [0.05, 0.1) is 5.56 Å². The Morgan fingerprint density at radius 1 is 1.30 bits per heavy atom. The number of hydrogen-bond donors (Lipinski definition) is 1. The van der Waals surface area contributed by atoms with Crippen LogP contribution in [0, 0.1) is 0 Å². The topological polar surface area (TPSA) is 57.6 Å². The predicted molar refractivity (Wildman–Crippen MR) is 62.7 cm³/mol. The van der Waals surface area contributed by atoms with E-state index in [1.54, 1.807) is 0 Å². The van der Waals surface area contributed by atoms with Crippen molar-refractivity contribution in [3.8, 4) is 0 Å². The lowest BCUT2D eigenvalue weighted by Crippen LogP contribution is -2.34. The van der Waals surface area contributed by atoms with Gasteiger partial charge in [-0.1, -0.05) is 12.1 Å². The van der Waals surface area contributed by atoms with Gasteiger partial charge in [-0.3, -0.25) is 4.79 Å². The number of carbonyl (C=O) groups is 2. The van der Waals surface area contributed by atoms with Gasteiger partial charge < -0.3 is 10.0 Å². The number of alkyl halides is 3. The van der Waals surface area contributed by atoms with Crippen molar-refractivity contribution in [3.63, 3.8) is 0 Å². The minimum Gasteiger partial charge on any atom is -0.479 e. The van der Waals surface area contributed by atoms with Gasteiger partial charge in [0.25, 0.3) is 0 Å². The quantitative estimate of drug-likeness (QED) is 0.846. The normalized spacial score (nSPS) is 16.6. The van der Waals surface area contributed by atoms with E-state index in [-0.39, 0.29) is 11.6 Å². The van der Waals surface area contributed by atoms with E-state index in [0.29, 0.717) is 19.3 Å². The summed E-state index contributed by atoms with van der Waals surface area (Å²) in [6.45, 7) is 0. The van der Waals surface area contributed by atoms with Crippen molar-refractivity contribution in [2.75, 3.05) is 0 Å². The van der Waals surface area contributed by atoms with Crippen molar-refractivity contribution < 1.29 is 27.9 Å². The van der Waals surface area contributed by atoms with Crippen molar-refractivity contribution in [2.24, 2.45) is 0 Å². The maximum absolute atomic E-state index is 12.5. The fraction of sp³-hybridized carbons (Fsp3) is 0.385. The molecule has 0 aromatic heterocycles. The predicted octanol–water partition coefficient (Wildman–Crippen LogP) is 2.45. The molecule has 1 aromatic rings. The van der Waals surface area contributed by atoms with E-state index in [1.165, 1.54) is 0 Å². The summed E-state index contributed by atoms with van der Waals surface area (Å²) in [7, 11) is 0. The van der Waals surface area contributed by atoms with E-state index < -0.39 is 23.8 Å². The molecule has 0 aliphatic heterocycles. The molecule has 0 heterocycles. The highest BCUT2D eigenvalue weighted by Crippen LogP contribution is 2.35. The summed E-state index contributed by atoms with van der Waals surface area (Å²) >= 11 is 0. The van der Waals surface area contributed by atoms with Crippen molar-refractivity contribution in [2.45, 2.75) is 31.1 Å². The highest BCUT2D eigenvalue weighted by molar-refractivity contribution is 5.78. The first-order chi connectivity index (χ1) is 9.34. The van der Waals surface area contributed by atoms with Gasteiger partial charge in [-0.25, -0.2) is 4.79 Å². The van der Waals surface area contributed by atoms with E-state index in [9.17, 15) is 27.9 Å². The number of carbonyl (C=O) groups excluding carboxylic acids is 1. The minimum absolute atomic E-state index is 0.143. The Morgan fingerprint density at radius 2 is 1.85 bits per heavy atom. The average Bonchev–Trinajstić information content (AvgIpc) is 3.18. The Balaban J connectivity index is 2.30. The largest absolute Gasteiger partial charge is 0.479 e. The zero-order chi connectivity index (χ0) is 14.9. The zero-order valence-electron chi connectivity index (χ0n) is 10.3. The fourth-order valence-electron chi connectivity index (χ4n) is 2.03. The Labute approximate surface area is 112 Å². The van der Waals surface area contributed by atoms with Crippen LogP contribution in [-0.2, 0) is 15.8 Å². The molecule has 1 amide bonds. The summed E-state index contributed by atoms with van der Waals surface area (Å²) < 4.78 is 37.4. The van der Waals surface area contributed by atoms with Crippen LogP contribution in [0.4, 0.5) is 13.2 Å². The Morgan fingerprint density at radius 3 is 2.20 bits per heavy atom. The lowest BCUT2D eigenvalue weighted by molar-refractivity contribution is -0.147. The van der Waals surface area contributed by atoms with Gasteiger partial charge in [-0.05, 0) is 30.5 Å². The lowest BCUT2D eigenvalue weighted by atomic mass is 10.0. The molecule has 0 saturated heterocycles. The first-order valence-corrected chi connectivity index (χ1v) is 5.97. The van der Waals surface area contributed by atoms with Crippen molar-refractivity contribution in [1.29, 1.82) is 0 Å². The van der Waals surface area contributed by atoms with Crippen molar-refractivity contribution >= 4 is 12.4 Å². The maximum atomic E-state index is 12.5. The molecule has 1 saturated carbocycles. The summed E-state index contributed by atoms with van der Waals surface area (Å²) in [6.07, 6.45) is -2.61. The van der Waals surface area contributed by atoms with Crippen LogP contribution in [-0.4, -0.2) is 28.4 Å². The minimum atomic E-state index is -4.47. The third-order valence-electron chi connectivity index (χ3n) is 3.18. The number of aliphatic carboxylic acids is 1. The number of rotatable bonds is 5. The van der Waals surface area contributed by atoms with E-state index in [0.717, 1.165) is 29.2 Å². The maximum Gasteiger partial charge on any atom is 0.416 e. The Bertz CT molecular complexity index is 509. The average molecular weight is 287 g/mol. The van der Waals surface area contributed by atoms with Crippen LogP contribution < -0.4 is 0 Å². The molecule has 1 unspecified atom stereocenters. The molecule has 1 N–H and O–H groups in total. The molecule has 0 bridgehead atoms. The van der Waals surface area contributed by atoms with Gasteiger partial charge in [0, 0.05) is 6.04 Å². The van der Waals surface area contributed by atoms with Crippen LogP contribution in [0.3, 0.4) is 0 Å². The highest BCUT2D eigenvalue weighted by atomic mass is 19.4. The van der Waals surface area contributed by atoms with Crippen LogP contribution in [0.25, 0.3) is 0 Å². The molecule has 0 radical (unpaired) electrons. The van der Waals surface area contributed by atoms with Gasteiger partial charge in [0.1, 0.15) is 0 Å². The summed E-state index contributed by atoms with van der Waals surface area (Å²) in [5.74, 6) is -1.26. The smallest absolute Gasteiger partial charge is 0.416 e. The van der Waals surface area contributed by atoms with E-state index in [4.69, 9.17) is 0 Å². The van der Waals surface area contributed by atoms with Crippen LogP contribution >= 0.6 is 0 Å². The molecule has 108 valence electrons. The molecular weight excluding hydrogens is 275 g/mol. The van der Waals surface area contributed by atoms with Gasteiger partial charge in [-0.15, -0.1) is 0 Å². The SMILES string of the molecule is O=CN(C1CC1)C(C(=O)O)c1ccc(C(F)(F)F)cc1. The molecule has 1 aliphatic carbocycles. The third kappa shape index (κ3) is 2.92. The summed E-state index contributed by atoms with van der Waals surface area (Å²) in [5, 5.41) is 9.21. The first-order valence-electron chi connectivity index (χ1n) is 5.97. The number of carboxylic acid groups (broad SMARTS) is 1. The molecule has 7 heteroatoms. The standard InChI is InChI=1S/C13H12F3NO3/c14-13(15,16)9-3-1-8(2-4-9)11(12(19)20)17(7-18)10-5-6-10/h1-4,7,10-11H,5-6H2,(H,19,20). The van der Waals surface area contributed by atoms with Gasteiger partial charge in [0.2, 0.25) is 6.41 Å². The van der Waals surface area contributed by atoms with Crippen molar-refractivity contribution in [3.05, 3.63) is 35.4 Å². The number of hydrogen-bond acceptors (Lipinski definition) is 2. The summed E-state index contributed by atoms with van der Waals surface area (Å²) in [5.41, 5.74) is -0.695. The zero-order valence-corrected chi connectivity index (χ0v) is 10.3. The molecule has 1 fully saturated rings. The van der Waals surface area contributed by atoms with Crippen LogP contribution in [0.1, 0.15) is 30.0 Å². The van der Waals surface area contributed by atoms with Crippen LogP contribution in [0.2, 0.25) is 0 Å². The lowest BCUT2D eigenvalue weighted by Gasteiger charge is -2.25. The monoisotopic (exact) mass is 287 g/mol. The summed E-state index contributed by atoms with van der Waals surface area (Å²) in [4.78, 5) is 23.4. The van der Waals surface area contributed by atoms with Crippen molar-refractivity contribution in [1.82, 2.24) is 4.90 Å². The highest BCUT2D eigenvalue weighted by Gasteiger charge is 2.38. The van der Waals surface area contributed by atoms with E-state index >= 15 is 0 Å². The molecule has 20 heavy (non-hydrogen) atoms.